The number of amides is 1. The van der Waals surface area contributed by atoms with Crippen molar-refractivity contribution in [3.05, 3.63) is 110 Å². The zero-order valence-electron chi connectivity index (χ0n) is 26.6. The molecule has 0 spiro atoms. The van der Waals surface area contributed by atoms with Crippen molar-refractivity contribution in [3.8, 4) is 0 Å². The number of carbonyl (C=O) groups is 1. The van der Waals surface area contributed by atoms with E-state index in [4.69, 9.17) is 0 Å². The van der Waals surface area contributed by atoms with Gasteiger partial charge in [0, 0.05) is 33.6 Å². The number of nitrogens with zero attached hydrogens (tertiary/aromatic N) is 4. The molecular formula is C34H28BrF6N5O3S. The topological polar surface area (TPSA) is 98.9 Å². The van der Waals surface area contributed by atoms with Crippen LogP contribution in [0.2, 0.25) is 0 Å². The van der Waals surface area contributed by atoms with Crippen LogP contribution in [0.4, 0.5) is 26.3 Å². The molecule has 3 atom stereocenters. The lowest BCUT2D eigenvalue weighted by molar-refractivity contribution is -0.123. The number of fused-ring (bicyclic) bond motifs is 4. The fourth-order valence-electron chi connectivity index (χ4n) is 7.27. The molecule has 16 heteroatoms. The minimum atomic E-state index is -4.20. The quantitative estimate of drug-likeness (QED) is 0.155. The Labute approximate surface area is 290 Å². The van der Waals surface area contributed by atoms with Crippen molar-refractivity contribution in [1.29, 1.82) is 0 Å². The summed E-state index contributed by atoms with van der Waals surface area (Å²) in [5, 5.41) is 6.74. The van der Waals surface area contributed by atoms with Crippen molar-refractivity contribution in [2.45, 2.75) is 69.4 Å². The Morgan fingerprint density at radius 1 is 1.04 bits per heavy atom. The van der Waals surface area contributed by atoms with Crippen LogP contribution in [0, 0.1) is 38.3 Å². The van der Waals surface area contributed by atoms with E-state index in [0.29, 0.717) is 27.3 Å². The molecule has 1 amide bonds. The van der Waals surface area contributed by atoms with Crippen molar-refractivity contribution in [2.75, 3.05) is 0 Å². The van der Waals surface area contributed by atoms with Gasteiger partial charge in [0.15, 0.2) is 5.65 Å². The molecule has 1 saturated carbocycles. The smallest absolute Gasteiger partial charge is 0.293 e. The SMILES string of the molecule is Cc1cc(C)c(S(=O)(=O)n2ccc3cc(Br)c([C@@H](Cc4cc(F)cc(F)c4)NC(=O)Cn4nc(C(F)F)c5c4C(F)(F)[C@@H]4C[C@H]54)nc32)c(C)c1. The average Bonchev–Trinajstić information content (AvgIpc) is 3.45. The Hall–Kier alpha value is -4.18. The number of hydrogen-bond acceptors (Lipinski definition) is 5. The highest BCUT2D eigenvalue weighted by Crippen LogP contribution is 2.68. The van der Waals surface area contributed by atoms with E-state index < -0.39 is 75.7 Å². The summed E-state index contributed by atoms with van der Waals surface area (Å²) in [6, 6.07) is 8.08. The van der Waals surface area contributed by atoms with Gasteiger partial charge in [-0.2, -0.15) is 13.9 Å². The fourth-order valence-corrected chi connectivity index (χ4v) is 9.60. The predicted octanol–water partition coefficient (Wildman–Crippen LogP) is 7.68. The highest BCUT2D eigenvalue weighted by atomic mass is 79.9. The van der Waals surface area contributed by atoms with Gasteiger partial charge in [0.25, 0.3) is 22.4 Å². The molecule has 2 aliphatic carbocycles. The summed E-state index contributed by atoms with van der Waals surface area (Å²) in [5.74, 6) is -8.09. The number of hydrogen-bond donors (Lipinski definition) is 1. The van der Waals surface area contributed by atoms with E-state index in [9.17, 15) is 30.8 Å². The number of rotatable bonds is 9. The Bertz CT molecular complexity index is 2300. The Morgan fingerprint density at radius 3 is 2.34 bits per heavy atom. The summed E-state index contributed by atoms with van der Waals surface area (Å²) in [5.41, 5.74) is 0.280. The normalized spacial score (nSPS) is 18.4. The van der Waals surface area contributed by atoms with Gasteiger partial charge in [0.05, 0.1) is 16.6 Å². The van der Waals surface area contributed by atoms with Crippen molar-refractivity contribution < 1.29 is 39.6 Å². The van der Waals surface area contributed by atoms with Crippen LogP contribution >= 0.6 is 15.9 Å². The molecule has 8 nitrogen and oxygen atoms in total. The molecule has 2 aromatic carbocycles. The monoisotopic (exact) mass is 779 g/mol. The highest BCUT2D eigenvalue weighted by molar-refractivity contribution is 9.10. The van der Waals surface area contributed by atoms with Crippen molar-refractivity contribution in [2.24, 2.45) is 5.92 Å². The second kappa shape index (κ2) is 12.0. The number of alkyl halides is 4. The van der Waals surface area contributed by atoms with Gasteiger partial charge in [0.1, 0.15) is 29.6 Å². The lowest BCUT2D eigenvalue weighted by Gasteiger charge is -2.22. The van der Waals surface area contributed by atoms with Gasteiger partial charge in [0.2, 0.25) is 5.91 Å². The molecule has 2 aliphatic rings. The number of halogens is 7. The summed E-state index contributed by atoms with van der Waals surface area (Å²) in [7, 11) is -4.20. The molecule has 0 radical (unpaired) electrons. The van der Waals surface area contributed by atoms with E-state index in [2.05, 4.69) is 31.3 Å². The summed E-state index contributed by atoms with van der Waals surface area (Å²) in [6.07, 6.45) is -2.03. The largest absolute Gasteiger partial charge is 0.346 e. The van der Waals surface area contributed by atoms with Gasteiger partial charge in [-0.25, -0.2) is 34.9 Å². The van der Waals surface area contributed by atoms with Crippen LogP contribution in [0.25, 0.3) is 11.0 Å². The van der Waals surface area contributed by atoms with E-state index in [1.807, 2.05) is 6.92 Å². The minimum absolute atomic E-state index is 0.0161. The van der Waals surface area contributed by atoms with Gasteiger partial charge in [-0.3, -0.25) is 9.48 Å². The number of aromatic nitrogens is 4. The maximum atomic E-state index is 15.2. The first-order valence-electron chi connectivity index (χ1n) is 15.5. The molecule has 0 bridgehead atoms. The molecule has 0 saturated heterocycles. The molecule has 5 aromatic rings. The Kier molecular flexibility index (Phi) is 8.20. The van der Waals surface area contributed by atoms with Gasteiger partial charge in [-0.15, -0.1) is 0 Å². The molecule has 1 fully saturated rings. The molecule has 50 heavy (non-hydrogen) atoms. The lowest BCUT2D eigenvalue weighted by Crippen LogP contribution is -2.35. The Morgan fingerprint density at radius 2 is 1.70 bits per heavy atom. The standard InChI is InChI=1S/C34H28BrF6N5O3S/c1-15-6-16(2)30(17(3)7-15)50(48,49)46-5-4-19-11-24(35)28(43-33(19)46)25(10-18-8-20(36)12-21(37)9-18)42-26(47)14-45-31-27(29(44-45)32(38)39)22-13-23(22)34(31,40)41/h4-9,11-12,22-23,25,32H,10,13-14H2,1-3H3,(H,42,47)/t22-,23+,25+/m0/s1. The highest BCUT2D eigenvalue weighted by Gasteiger charge is 2.67. The van der Waals surface area contributed by atoms with Gasteiger partial charge >= 0.3 is 0 Å². The average molecular weight is 781 g/mol. The van der Waals surface area contributed by atoms with Crippen LogP contribution in [0.3, 0.4) is 0 Å². The number of nitrogens with one attached hydrogen (secondary N) is 1. The summed E-state index contributed by atoms with van der Waals surface area (Å²) in [6.45, 7) is 4.33. The van der Waals surface area contributed by atoms with Crippen LogP contribution in [-0.4, -0.2) is 33.1 Å². The Balaban J connectivity index is 1.29. The second-order valence-corrected chi connectivity index (χ2v) is 15.5. The number of benzene rings is 2. The van der Waals surface area contributed by atoms with E-state index in [-0.39, 0.29) is 44.7 Å². The van der Waals surface area contributed by atoms with Crippen molar-refractivity contribution >= 4 is 42.9 Å². The first-order chi connectivity index (χ1) is 23.5. The van der Waals surface area contributed by atoms with Gasteiger partial charge in [-0.05, 0) is 96.4 Å². The molecule has 0 unspecified atom stereocenters. The van der Waals surface area contributed by atoms with Gasteiger partial charge < -0.3 is 5.32 Å². The summed E-state index contributed by atoms with van der Waals surface area (Å²) >= 11 is 3.42. The van der Waals surface area contributed by atoms with Crippen LogP contribution in [0.5, 0.6) is 0 Å². The third-order valence-corrected chi connectivity index (χ3v) is 11.8. The van der Waals surface area contributed by atoms with Crippen LogP contribution in [0.15, 0.2) is 58.0 Å². The van der Waals surface area contributed by atoms with E-state index in [0.717, 1.165) is 21.7 Å². The summed E-state index contributed by atoms with van der Waals surface area (Å²) in [4.78, 5) is 18.2. The zero-order valence-corrected chi connectivity index (χ0v) is 29.0. The third-order valence-electron chi connectivity index (χ3n) is 9.22. The maximum Gasteiger partial charge on any atom is 0.293 e. The fraction of sp³-hybridized carbons (Fsp3) is 0.324. The summed E-state index contributed by atoms with van der Waals surface area (Å²) < 4.78 is 116. The number of aryl methyl sites for hydroxylation is 3. The van der Waals surface area contributed by atoms with Crippen LogP contribution in [0.1, 0.15) is 69.7 Å². The predicted molar refractivity (Wildman–Crippen MR) is 174 cm³/mol. The number of carbonyl (C=O) groups excluding carboxylic acids is 1. The van der Waals surface area contributed by atoms with Crippen molar-refractivity contribution in [1.82, 2.24) is 24.1 Å². The first-order valence-corrected chi connectivity index (χ1v) is 17.7. The second-order valence-electron chi connectivity index (χ2n) is 12.9. The molecular weight excluding hydrogens is 752 g/mol. The minimum Gasteiger partial charge on any atom is -0.346 e. The molecule has 3 heterocycles. The lowest BCUT2D eigenvalue weighted by atomic mass is 10.0. The van der Waals surface area contributed by atoms with E-state index >= 15 is 8.78 Å². The van der Waals surface area contributed by atoms with Crippen LogP contribution in [-0.2, 0) is 33.7 Å². The number of pyridine rings is 1. The van der Waals surface area contributed by atoms with Crippen molar-refractivity contribution in [3.63, 3.8) is 0 Å². The van der Waals surface area contributed by atoms with Crippen LogP contribution < -0.4 is 5.32 Å². The molecule has 1 N–H and O–H groups in total. The molecule has 3 aromatic heterocycles. The van der Waals surface area contributed by atoms with E-state index in [1.165, 1.54) is 12.3 Å². The molecule has 0 aliphatic heterocycles. The van der Waals surface area contributed by atoms with Gasteiger partial charge in [-0.1, -0.05) is 17.7 Å². The molecule has 262 valence electrons. The maximum absolute atomic E-state index is 15.2. The first kappa shape index (κ1) is 34.3. The zero-order chi connectivity index (χ0) is 36.0. The molecule has 7 rings (SSSR count). The van der Waals surface area contributed by atoms with E-state index in [1.54, 1.807) is 32.0 Å². The third kappa shape index (κ3) is 5.69.